The Labute approximate surface area is 198 Å². The second-order valence-corrected chi connectivity index (χ2v) is 6.85. The molecule has 0 aliphatic rings. The Morgan fingerprint density at radius 1 is 0.935 bits per heavy atom. The van der Waals surface area contributed by atoms with Gasteiger partial charge < -0.3 is 15.4 Å². The molecule has 0 saturated heterocycles. The highest BCUT2D eigenvalue weighted by Gasteiger charge is 2.08. The van der Waals surface area contributed by atoms with Crippen LogP contribution in [0.5, 0.6) is 11.5 Å². The van der Waals surface area contributed by atoms with Gasteiger partial charge in [-0.2, -0.15) is 0 Å². The number of rotatable bonds is 6. The molecule has 0 aliphatic carbocycles. The highest BCUT2D eigenvalue weighted by molar-refractivity contribution is 14.0. The van der Waals surface area contributed by atoms with Gasteiger partial charge in [0.2, 0.25) is 0 Å². The van der Waals surface area contributed by atoms with Crippen LogP contribution in [-0.2, 0) is 13.1 Å². The quantitative estimate of drug-likeness (QED) is 0.222. The summed E-state index contributed by atoms with van der Waals surface area (Å²) in [5.41, 5.74) is 3.06. The number of aliphatic imine (C=N–C) groups is 1. The summed E-state index contributed by atoms with van der Waals surface area (Å²) in [6, 6.07) is 21.8. The number of guanidine groups is 1. The fourth-order valence-electron chi connectivity index (χ4n) is 3.06. The molecule has 0 saturated carbocycles. The molecule has 8 heteroatoms. The van der Waals surface area contributed by atoms with Crippen LogP contribution in [0.3, 0.4) is 0 Å². The molecule has 0 radical (unpaired) electrons. The van der Waals surface area contributed by atoms with Crippen LogP contribution < -0.4 is 15.4 Å². The van der Waals surface area contributed by atoms with E-state index in [0.29, 0.717) is 19.0 Å². The number of aromatic nitrogens is 3. The fraction of sp³-hybridized carbons (Fsp3) is 0.174. The van der Waals surface area contributed by atoms with E-state index in [-0.39, 0.29) is 24.0 Å². The first-order chi connectivity index (χ1) is 14.7. The molecular formula is C23H25IN6O. The van der Waals surface area contributed by atoms with E-state index in [4.69, 9.17) is 4.74 Å². The highest BCUT2D eigenvalue weighted by Crippen LogP contribution is 2.25. The Kier molecular flexibility index (Phi) is 7.82. The Morgan fingerprint density at radius 2 is 1.68 bits per heavy atom. The summed E-state index contributed by atoms with van der Waals surface area (Å²) in [5.74, 6) is 3.12. The van der Waals surface area contributed by atoms with E-state index in [1.54, 1.807) is 7.05 Å². The van der Waals surface area contributed by atoms with E-state index in [1.165, 1.54) is 5.56 Å². The van der Waals surface area contributed by atoms with Crippen molar-refractivity contribution in [1.82, 2.24) is 25.2 Å². The summed E-state index contributed by atoms with van der Waals surface area (Å²) < 4.78 is 8.03. The van der Waals surface area contributed by atoms with E-state index in [1.807, 2.05) is 77.3 Å². The number of benzene rings is 2. The number of aryl methyl sites for hydroxylation is 1. The molecule has 2 aromatic heterocycles. The molecule has 2 N–H and O–H groups in total. The van der Waals surface area contributed by atoms with Gasteiger partial charge in [-0.05, 0) is 37.3 Å². The average molecular weight is 528 g/mol. The number of pyridine rings is 1. The van der Waals surface area contributed by atoms with Crippen molar-refractivity contribution in [3.05, 3.63) is 89.9 Å². The van der Waals surface area contributed by atoms with Crippen molar-refractivity contribution in [2.24, 2.45) is 4.99 Å². The van der Waals surface area contributed by atoms with Gasteiger partial charge in [0.15, 0.2) is 17.4 Å². The van der Waals surface area contributed by atoms with Gasteiger partial charge in [-0.3, -0.25) is 9.39 Å². The van der Waals surface area contributed by atoms with E-state index < -0.39 is 0 Å². The van der Waals surface area contributed by atoms with Crippen LogP contribution in [-0.4, -0.2) is 27.6 Å². The first-order valence-corrected chi connectivity index (χ1v) is 9.78. The molecule has 4 rings (SSSR count). The predicted octanol–water partition coefficient (Wildman–Crippen LogP) is 4.31. The Morgan fingerprint density at radius 3 is 2.48 bits per heavy atom. The smallest absolute Gasteiger partial charge is 0.191 e. The molecule has 0 amide bonds. The molecule has 0 aliphatic heterocycles. The fourth-order valence-corrected chi connectivity index (χ4v) is 3.06. The second kappa shape index (κ2) is 10.8. The standard InChI is InChI=1S/C23H24N6O.HI/c1-17-10-12-19(13-11-17)30-20-8-4-3-7-18(20)15-25-23(24-2)26-16-22-28-27-21-9-5-6-14-29(21)22;/h3-14H,15-16H2,1-2H3,(H2,24,25,26);1H. The Hall–Kier alpha value is -3.14. The normalized spacial score (nSPS) is 11.1. The zero-order chi connectivity index (χ0) is 20.8. The second-order valence-electron chi connectivity index (χ2n) is 6.85. The third-order valence-electron chi connectivity index (χ3n) is 4.69. The summed E-state index contributed by atoms with van der Waals surface area (Å²) in [6.45, 7) is 3.14. The monoisotopic (exact) mass is 528 g/mol. The molecule has 4 aromatic rings. The molecule has 31 heavy (non-hydrogen) atoms. The first-order valence-electron chi connectivity index (χ1n) is 9.78. The average Bonchev–Trinajstić information content (AvgIpc) is 3.19. The van der Waals surface area contributed by atoms with Crippen molar-refractivity contribution in [2.45, 2.75) is 20.0 Å². The van der Waals surface area contributed by atoms with Crippen molar-refractivity contribution in [2.75, 3.05) is 7.05 Å². The zero-order valence-corrected chi connectivity index (χ0v) is 19.8. The number of hydrogen-bond donors (Lipinski definition) is 2. The maximum Gasteiger partial charge on any atom is 0.191 e. The SMILES string of the molecule is CN=C(NCc1ccccc1Oc1ccc(C)cc1)NCc1nnc2ccccn12.I. The number of halogens is 1. The third kappa shape index (κ3) is 5.72. The van der Waals surface area contributed by atoms with Gasteiger partial charge in [-0.15, -0.1) is 34.2 Å². The van der Waals surface area contributed by atoms with E-state index in [0.717, 1.165) is 28.5 Å². The van der Waals surface area contributed by atoms with Crippen LogP contribution in [0.4, 0.5) is 0 Å². The van der Waals surface area contributed by atoms with E-state index in [9.17, 15) is 0 Å². The topological polar surface area (TPSA) is 75.8 Å². The van der Waals surface area contributed by atoms with Crippen LogP contribution >= 0.6 is 24.0 Å². The lowest BCUT2D eigenvalue weighted by Crippen LogP contribution is -2.36. The Balaban J connectivity index is 0.00000272. The summed E-state index contributed by atoms with van der Waals surface area (Å²) in [5, 5.41) is 15.0. The largest absolute Gasteiger partial charge is 0.457 e. The van der Waals surface area contributed by atoms with E-state index >= 15 is 0 Å². The minimum Gasteiger partial charge on any atom is -0.457 e. The van der Waals surface area contributed by atoms with Crippen LogP contribution in [0.15, 0.2) is 77.9 Å². The molecule has 0 bridgehead atoms. The summed E-state index contributed by atoms with van der Waals surface area (Å²) >= 11 is 0. The van der Waals surface area contributed by atoms with Gasteiger partial charge >= 0.3 is 0 Å². The molecule has 160 valence electrons. The van der Waals surface area contributed by atoms with E-state index in [2.05, 4.69) is 32.7 Å². The van der Waals surface area contributed by atoms with Gasteiger partial charge in [-0.25, -0.2) is 0 Å². The predicted molar refractivity (Wildman–Crippen MR) is 133 cm³/mol. The molecule has 0 spiro atoms. The molecule has 0 unspecified atom stereocenters. The number of fused-ring (bicyclic) bond motifs is 1. The first kappa shape index (κ1) is 22.5. The number of nitrogens with one attached hydrogen (secondary N) is 2. The molecular weight excluding hydrogens is 503 g/mol. The van der Waals surface area contributed by atoms with Gasteiger partial charge in [0.05, 0.1) is 6.54 Å². The number of ether oxygens (including phenoxy) is 1. The van der Waals surface area contributed by atoms with Crippen molar-refractivity contribution in [1.29, 1.82) is 0 Å². The maximum atomic E-state index is 6.08. The van der Waals surface area contributed by atoms with Crippen LogP contribution in [0.2, 0.25) is 0 Å². The lowest BCUT2D eigenvalue weighted by atomic mass is 10.2. The molecule has 2 heterocycles. The molecule has 0 fully saturated rings. The lowest BCUT2D eigenvalue weighted by Gasteiger charge is -2.14. The summed E-state index contributed by atoms with van der Waals surface area (Å²) in [4.78, 5) is 4.30. The number of para-hydroxylation sites is 1. The summed E-state index contributed by atoms with van der Waals surface area (Å²) in [7, 11) is 1.74. The summed E-state index contributed by atoms with van der Waals surface area (Å²) in [6.07, 6.45) is 1.95. The highest BCUT2D eigenvalue weighted by atomic mass is 127. The van der Waals surface area contributed by atoms with Crippen molar-refractivity contribution < 1.29 is 4.74 Å². The van der Waals surface area contributed by atoms with Gasteiger partial charge in [-0.1, -0.05) is 42.0 Å². The van der Waals surface area contributed by atoms with Crippen molar-refractivity contribution >= 4 is 35.6 Å². The minimum atomic E-state index is 0. The third-order valence-corrected chi connectivity index (χ3v) is 4.69. The molecule has 7 nitrogen and oxygen atoms in total. The Bertz CT molecular complexity index is 1160. The van der Waals surface area contributed by atoms with Gasteiger partial charge in [0, 0.05) is 25.4 Å². The van der Waals surface area contributed by atoms with Crippen LogP contribution in [0, 0.1) is 6.92 Å². The van der Waals surface area contributed by atoms with Crippen molar-refractivity contribution in [3.8, 4) is 11.5 Å². The number of hydrogen-bond acceptors (Lipinski definition) is 4. The van der Waals surface area contributed by atoms with Crippen LogP contribution in [0.25, 0.3) is 5.65 Å². The molecule has 2 aromatic carbocycles. The van der Waals surface area contributed by atoms with Gasteiger partial charge in [0.1, 0.15) is 11.5 Å². The zero-order valence-electron chi connectivity index (χ0n) is 17.4. The van der Waals surface area contributed by atoms with Crippen molar-refractivity contribution in [3.63, 3.8) is 0 Å². The maximum absolute atomic E-state index is 6.08. The molecule has 0 atom stereocenters. The minimum absolute atomic E-state index is 0. The lowest BCUT2D eigenvalue weighted by molar-refractivity contribution is 0.475. The van der Waals surface area contributed by atoms with Crippen LogP contribution in [0.1, 0.15) is 17.0 Å². The van der Waals surface area contributed by atoms with Gasteiger partial charge in [0.25, 0.3) is 0 Å². The number of nitrogens with zero attached hydrogens (tertiary/aromatic N) is 4.